The van der Waals surface area contributed by atoms with E-state index in [1.54, 1.807) is 11.6 Å². The molecular formula is C20H17F6N5OS. The maximum Gasteiger partial charge on any atom is 0.434 e. The third kappa shape index (κ3) is 4.82. The van der Waals surface area contributed by atoms with Gasteiger partial charge in [0.05, 0.1) is 23.0 Å². The van der Waals surface area contributed by atoms with Gasteiger partial charge in [0.15, 0.2) is 10.8 Å². The highest BCUT2D eigenvalue weighted by Gasteiger charge is 2.42. The van der Waals surface area contributed by atoms with E-state index in [4.69, 9.17) is 0 Å². The summed E-state index contributed by atoms with van der Waals surface area (Å²) in [6.07, 6.45) is -6.83. The molecule has 33 heavy (non-hydrogen) atoms. The van der Waals surface area contributed by atoms with Gasteiger partial charge in [-0.3, -0.25) is 4.79 Å². The number of hydrogen-bond donors (Lipinski definition) is 0. The molecule has 1 aliphatic rings. The van der Waals surface area contributed by atoms with Gasteiger partial charge >= 0.3 is 12.4 Å². The first-order valence-electron chi connectivity index (χ1n) is 9.82. The fourth-order valence-corrected chi connectivity index (χ4v) is 4.34. The summed E-state index contributed by atoms with van der Waals surface area (Å²) in [4.78, 5) is 20.5. The molecule has 0 aliphatic carbocycles. The molecule has 0 bridgehead atoms. The van der Waals surface area contributed by atoms with Crippen LogP contribution in [0.5, 0.6) is 0 Å². The molecule has 1 amide bonds. The molecule has 2 aromatic heterocycles. The summed E-state index contributed by atoms with van der Waals surface area (Å²) in [5.74, 6) is -0.874. The monoisotopic (exact) mass is 489 g/mol. The Balaban J connectivity index is 1.65. The lowest BCUT2D eigenvalue weighted by Gasteiger charge is -2.22. The fraction of sp³-hybridized carbons (Fsp3) is 0.350. The number of carbonyl (C=O) groups is 1. The van der Waals surface area contributed by atoms with Crippen molar-refractivity contribution >= 4 is 22.4 Å². The summed E-state index contributed by atoms with van der Waals surface area (Å²) in [5, 5.41) is 6.20. The molecule has 0 atom stereocenters. The third-order valence-corrected chi connectivity index (χ3v) is 5.99. The zero-order valence-corrected chi connectivity index (χ0v) is 17.7. The number of benzene rings is 1. The molecule has 0 N–H and O–H groups in total. The van der Waals surface area contributed by atoms with E-state index in [1.807, 2.05) is 4.90 Å². The largest absolute Gasteiger partial charge is 0.434 e. The van der Waals surface area contributed by atoms with Crippen molar-refractivity contribution in [2.45, 2.75) is 18.8 Å². The minimum atomic E-state index is -5.02. The third-order valence-electron chi connectivity index (χ3n) is 5.16. The van der Waals surface area contributed by atoms with Crippen LogP contribution in [0.3, 0.4) is 0 Å². The molecule has 1 saturated heterocycles. The standard InChI is InChI=1S/C20H17F6N5OS/c21-19(22,23)13-3-1-4-14(11-13)31-16(20(24,25)26)15(12-28-31)17(32)29-6-2-7-30(9-8-29)18-27-5-10-33-18/h1,3-5,10-12H,2,6-9H2. The maximum absolute atomic E-state index is 13.9. The molecular weight excluding hydrogens is 472 g/mol. The number of carbonyl (C=O) groups excluding carboxylic acids is 1. The molecule has 4 rings (SSSR count). The molecule has 1 fully saturated rings. The van der Waals surface area contributed by atoms with E-state index < -0.39 is 40.8 Å². The number of halogens is 6. The number of anilines is 1. The van der Waals surface area contributed by atoms with Gasteiger partial charge in [-0.1, -0.05) is 6.07 Å². The second-order valence-electron chi connectivity index (χ2n) is 7.31. The highest BCUT2D eigenvalue weighted by Crippen LogP contribution is 2.36. The van der Waals surface area contributed by atoms with Crippen LogP contribution < -0.4 is 4.90 Å². The lowest BCUT2D eigenvalue weighted by molar-refractivity contribution is -0.143. The lowest BCUT2D eigenvalue weighted by Crippen LogP contribution is -2.36. The molecule has 0 spiro atoms. The van der Waals surface area contributed by atoms with Gasteiger partial charge < -0.3 is 9.80 Å². The van der Waals surface area contributed by atoms with Gasteiger partial charge in [-0.25, -0.2) is 9.67 Å². The molecule has 1 aromatic carbocycles. The predicted octanol–water partition coefficient (Wildman–Crippen LogP) is 4.72. The number of alkyl halides is 6. The molecule has 3 aromatic rings. The summed E-state index contributed by atoms with van der Waals surface area (Å²) in [7, 11) is 0. The number of rotatable bonds is 3. The summed E-state index contributed by atoms with van der Waals surface area (Å²) in [6, 6.07) is 3.37. The minimum absolute atomic E-state index is 0.171. The van der Waals surface area contributed by atoms with Gasteiger partial charge in [0.1, 0.15) is 0 Å². The lowest BCUT2D eigenvalue weighted by atomic mass is 10.1. The van der Waals surface area contributed by atoms with Gasteiger partial charge in [0.2, 0.25) is 0 Å². The minimum Gasteiger partial charge on any atom is -0.346 e. The number of amides is 1. The summed E-state index contributed by atoms with van der Waals surface area (Å²) in [5.41, 5.74) is -3.68. The van der Waals surface area contributed by atoms with Crippen LogP contribution in [0.4, 0.5) is 31.5 Å². The van der Waals surface area contributed by atoms with E-state index in [-0.39, 0.29) is 13.1 Å². The zero-order valence-electron chi connectivity index (χ0n) is 16.9. The Labute approximate surface area is 188 Å². The Morgan fingerprint density at radius 2 is 1.79 bits per heavy atom. The van der Waals surface area contributed by atoms with Crippen molar-refractivity contribution < 1.29 is 31.1 Å². The van der Waals surface area contributed by atoms with Crippen molar-refractivity contribution in [2.24, 2.45) is 0 Å². The van der Waals surface area contributed by atoms with Gasteiger partial charge in [-0.05, 0) is 24.6 Å². The van der Waals surface area contributed by atoms with E-state index in [1.165, 1.54) is 16.2 Å². The van der Waals surface area contributed by atoms with E-state index in [0.717, 1.165) is 29.5 Å². The summed E-state index contributed by atoms with van der Waals surface area (Å²) >= 11 is 1.42. The van der Waals surface area contributed by atoms with Crippen molar-refractivity contribution in [2.75, 3.05) is 31.1 Å². The molecule has 0 saturated carbocycles. The SMILES string of the molecule is O=C(c1cnn(-c2cccc(C(F)(F)F)c2)c1C(F)(F)F)N1CCCN(c2nccs2)CC1. The topological polar surface area (TPSA) is 54.3 Å². The van der Waals surface area contributed by atoms with Crippen molar-refractivity contribution in [1.29, 1.82) is 0 Å². The van der Waals surface area contributed by atoms with Crippen LogP contribution in [0.1, 0.15) is 28.0 Å². The number of aromatic nitrogens is 3. The van der Waals surface area contributed by atoms with Crippen LogP contribution in [0.15, 0.2) is 42.0 Å². The van der Waals surface area contributed by atoms with Crippen molar-refractivity contribution in [3.05, 3.63) is 58.9 Å². The van der Waals surface area contributed by atoms with Crippen LogP contribution in [0.2, 0.25) is 0 Å². The molecule has 13 heteroatoms. The van der Waals surface area contributed by atoms with Gasteiger partial charge in [0.25, 0.3) is 5.91 Å². The van der Waals surface area contributed by atoms with E-state index in [9.17, 15) is 31.1 Å². The highest BCUT2D eigenvalue weighted by atomic mass is 32.1. The quantitative estimate of drug-likeness (QED) is 0.500. The fourth-order valence-electron chi connectivity index (χ4n) is 3.64. The Morgan fingerprint density at radius 3 is 2.45 bits per heavy atom. The Kier molecular flexibility index (Phi) is 6.08. The molecule has 6 nitrogen and oxygen atoms in total. The Hall–Kier alpha value is -3.09. The zero-order chi connectivity index (χ0) is 23.8. The second-order valence-corrected chi connectivity index (χ2v) is 8.18. The molecule has 0 unspecified atom stereocenters. The Morgan fingerprint density at radius 1 is 1.00 bits per heavy atom. The van der Waals surface area contributed by atoms with E-state index in [2.05, 4.69) is 10.1 Å². The first kappa shape index (κ1) is 23.1. The molecule has 176 valence electrons. The molecule has 1 aliphatic heterocycles. The average Bonchev–Trinajstić information content (AvgIpc) is 3.38. The normalized spacial score (nSPS) is 15.6. The van der Waals surface area contributed by atoms with Crippen LogP contribution >= 0.6 is 11.3 Å². The average molecular weight is 489 g/mol. The van der Waals surface area contributed by atoms with Crippen LogP contribution in [0.25, 0.3) is 5.69 Å². The smallest absolute Gasteiger partial charge is 0.346 e. The first-order chi connectivity index (χ1) is 15.6. The highest BCUT2D eigenvalue weighted by molar-refractivity contribution is 7.13. The molecule has 3 heterocycles. The van der Waals surface area contributed by atoms with Gasteiger partial charge in [0, 0.05) is 37.8 Å². The van der Waals surface area contributed by atoms with E-state index >= 15 is 0 Å². The van der Waals surface area contributed by atoms with Crippen LogP contribution in [-0.2, 0) is 12.4 Å². The predicted molar refractivity (Wildman–Crippen MR) is 108 cm³/mol. The van der Waals surface area contributed by atoms with Crippen LogP contribution in [0, 0.1) is 0 Å². The van der Waals surface area contributed by atoms with Crippen molar-refractivity contribution in [3.63, 3.8) is 0 Å². The van der Waals surface area contributed by atoms with Crippen molar-refractivity contribution in [1.82, 2.24) is 19.7 Å². The van der Waals surface area contributed by atoms with Crippen LogP contribution in [-0.4, -0.2) is 51.8 Å². The first-order valence-corrected chi connectivity index (χ1v) is 10.7. The summed E-state index contributed by atoms with van der Waals surface area (Å²) in [6.45, 7) is 1.38. The number of nitrogens with zero attached hydrogens (tertiary/aromatic N) is 5. The Bertz CT molecular complexity index is 1120. The summed E-state index contributed by atoms with van der Waals surface area (Å²) < 4.78 is 81.3. The van der Waals surface area contributed by atoms with Gasteiger partial charge in [-0.2, -0.15) is 31.4 Å². The number of thiazole rings is 1. The number of hydrogen-bond acceptors (Lipinski definition) is 5. The second kappa shape index (κ2) is 8.69. The maximum atomic E-state index is 13.9. The van der Waals surface area contributed by atoms with Crippen molar-refractivity contribution in [3.8, 4) is 5.69 Å². The van der Waals surface area contributed by atoms with E-state index in [0.29, 0.717) is 30.3 Å². The molecule has 0 radical (unpaired) electrons. The van der Waals surface area contributed by atoms with Gasteiger partial charge in [-0.15, -0.1) is 11.3 Å².